The summed E-state index contributed by atoms with van der Waals surface area (Å²) in [5.41, 5.74) is 0.642. The number of hydrogen-bond donors (Lipinski definition) is 3. The van der Waals surface area contributed by atoms with Crippen LogP contribution in [-0.4, -0.2) is 35.4 Å². The van der Waals surface area contributed by atoms with Crippen LogP contribution in [0, 0.1) is 0 Å². The average Bonchev–Trinajstić information content (AvgIpc) is 2.41. The van der Waals surface area contributed by atoms with Gasteiger partial charge in [0.1, 0.15) is 11.8 Å². The van der Waals surface area contributed by atoms with Crippen LogP contribution in [0.5, 0.6) is 5.75 Å². The van der Waals surface area contributed by atoms with Crippen molar-refractivity contribution in [2.75, 3.05) is 13.2 Å². The van der Waals surface area contributed by atoms with Gasteiger partial charge in [-0.2, -0.15) is 0 Å². The van der Waals surface area contributed by atoms with Crippen LogP contribution >= 0.6 is 0 Å². The number of rotatable bonds is 8. The first-order chi connectivity index (χ1) is 9.12. The van der Waals surface area contributed by atoms with Crippen molar-refractivity contribution in [1.82, 2.24) is 5.32 Å². The van der Waals surface area contributed by atoms with Gasteiger partial charge in [0.2, 0.25) is 0 Å². The maximum atomic E-state index is 11.3. The smallest absolute Gasteiger partial charge is 0.325 e. The number of hydrogen-bond acceptors (Lipinski definition) is 4. The molecular weight excluding hydrogens is 246 g/mol. The van der Waals surface area contributed by atoms with Gasteiger partial charge in [0.15, 0.2) is 0 Å². The van der Waals surface area contributed by atoms with Crippen molar-refractivity contribution >= 4 is 5.97 Å². The second-order valence-electron chi connectivity index (χ2n) is 4.23. The van der Waals surface area contributed by atoms with Gasteiger partial charge in [-0.3, -0.25) is 10.1 Å². The Balaban J connectivity index is 2.83. The first kappa shape index (κ1) is 15.5. The van der Waals surface area contributed by atoms with E-state index in [2.05, 4.69) is 5.32 Å². The molecule has 0 heterocycles. The third-order valence-electron chi connectivity index (χ3n) is 2.89. The van der Waals surface area contributed by atoms with Crippen LogP contribution in [0.2, 0.25) is 0 Å². The molecule has 0 fully saturated rings. The first-order valence-electron chi connectivity index (χ1n) is 6.44. The molecule has 0 amide bonds. The number of carbonyl (C=O) groups is 1. The van der Waals surface area contributed by atoms with E-state index in [4.69, 9.17) is 9.84 Å². The lowest BCUT2D eigenvalue weighted by molar-refractivity contribution is -0.140. The summed E-state index contributed by atoms with van der Waals surface area (Å²) >= 11 is 0. The monoisotopic (exact) mass is 267 g/mol. The molecule has 0 bridgehead atoms. The van der Waals surface area contributed by atoms with Crippen LogP contribution < -0.4 is 10.1 Å². The van der Waals surface area contributed by atoms with E-state index in [0.29, 0.717) is 24.3 Å². The van der Waals surface area contributed by atoms with E-state index in [9.17, 15) is 9.90 Å². The molecule has 0 aliphatic heterocycles. The lowest BCUT2D eigenvalue weighted by atomic mass is 10.1. The number of carboxylic acid groups (broad SMARTS) is 1. The van der Waals surface area contributed by atoms with Crippen molar-refractivity contribution in [3.63, 3.8) is 0 Å². The van der Waals surface area contributed by atoms with E-state index in [-0.39, 0.29) is 12.6 Å². The van der Waals surface area contributed by atoms with Crippen molar-refractivity contribution in [2.45, 2.75) is 32.4 Å². The Hall–Kier alpha value is -1.59. The van der Waals surface area contributed by atoms with E-state index in [1.165, 1.54) is 0 Å². The normalized spacial score (nSPS) is 13.8. The highest BCUT2D eigenvalue weighted by molar-refractivity contribution is 5.75. The molecule has 0 saturated carbocycles. The summed E-state index contributed by atoms with van der Waals surface area (Å²) < 4.78 is 5.32. The number of benzene rings is 1. The van der Waals surface area contributed by atoms with E-state index >= 15 is 0 Å². The Kier molecular flexibility index (Phi) is 6.32. The van der Waals surface area contributed by atoms with Crippen molar-refractivity contribution in [3.05, 3.63) is 29.8 Å². The van der Waals surface area contributed by atoms with Gasteiger partial charge in [-0.15, -0.1) is 0 Å². The second kappa shape index (κ2) is 7.76. The summed E-state index contributed by atoms with van der Waals surface area (Å²) in [4.78, 5) is 11.3. The highest BCUT2D eigenvalue weighted by atomic mass is 16.5. The minimum Gasteiger partial charge on any atom is -0.494 e. The van der Waals surface area contributed by atoms with Crippen LogP contribution in [0.1, 0.15) is 31.9 Å². The van der Waals surface area contributed by atoms with Gasteiger partial charge in [-0.25, -0.2) is 0 Å². The van der Waals surface area contributed by atoms with Crippen molar-refractivity contribution < 1.29 is 19.7 Å². The van der Waals surface area contributed by atoms with E-state index in [0.717, 1.165) is 0 Å². The molecule has 0 aromatic heterocycles. The maximum Gasteiger partial charge on any atom is 0.325 e. The van der Waals surface area contributed by atoms with Gasteiger partial charge in [0.05, 0.1) is 13.2 Å². The van der Waals surface area contributed by atoms with Gasteiger partial charge < -0.3 is 14.9 Å². The topological polar surface area (TPSA) is 78.8 Å². The summed E-state index contributed by atoms with van der Waals surface area (Å²) in [5.74, 6) is -0.249. The molecule has 2 unspecified atom stereocenters. The van der Waals surface area contributed by atoms with E-state index < -0.39 is 12.0 Å². The molecule has 19 heavy (non-hydrogen) atoms. The molecule has 5 nitrogen and oxygen atoms in total. The molecule has 2 atom stereocenters. The van der Waals surface area contributed by atoms with E-state index in [1.54, 1.807) is 24.3 Å². The van der Waals surface area contributed by atoms with Crippen LogP contribution in [-0.2, 0) is 4.79 Å². The molecule has 0 aliphatic carbocycles. The molecule has 0 radical (unpaired) electrons. The number of carboxylic acids is 1. The lowest BCUT2D eigenvalue weighted by Crippen LogP contribution is -2.38. The molecule has 0 saturated heterocycles. The second-order valence-corrected chi connectivity index (χ2v) is 4.23. The largest absolute Gasteiger partial charge is 0.494 e. The Morgan fingerprint density at radius 1 is 1.32 bits per heavy atom. The molecule has 0 aliphatic rings. The summed E-state index contributed by atoms with van der Waals surface area (Å²) in [5, 5.41) is 21.3. The highest BCUT2D eigenvalue weighted by Gasteiger charge is 2.22. The van der Waals surface area contributed by atoms with Crippen LogP contribution in [0.4, 0.5) is 0 Å². The number of aliphatic hydroxyl groups is 1. The zero-order chi connectivity index (χ0) is 14.3. The summed E-state index contributed by atoms with van der Waals surface area (Å²) in [6.07, 6.45) is 0.664. The minimum atomic E-state index is -0.962. The number of ether oxygens (including phenoxy) is 1. The van der Waals surface area contributed by atoms with Gasteiger partial charge >= 0.3 is 5.97 Å². The lowest BCUT2D eigenvalue weighted by Gasteiger charge is -2.21. The first-order valence-corrected chi connectivity index (χ1v) is 6.44. The predicted octanol–water partition coefficient (Wildman–Crippen LogP) is 1.57. The molecule has 1 rings (SSSR count). The van der Waals surface area contributed by atoms with E-state index in [1.807, 2.05) is 13.8 Å². The standard InChI is InChI=1S/C14H21NO4/c1-3-11(9-16)15-13(14(17)18)10-5-7-12(8-6-10)19-4-2/h5-8,11,13,15-16H,3-4,9H2,1-2H3,(H,17,18). The highest BCUT2D eigenvalue weighted by Crippen LogP contribution is 2.19. The quantitative estimate of drug-likeness (QED) is 0.666. The Morgan fingerprint density at radius 2 is 1.95 bits per heavy atom. The number of nitrogens with one attached hydrogen (secondary N) is 1. The Morgan fingerprint density at radius 3 is 2.37 bits per heavy atom. The Bertz CT molecular complexity index is 387. The maximum absolute atomic E-state index is 11.3. The molecule has 106 valence electrons. The van der Waals surface area contributed by atoms with Crippen LogP contribution in [0.3, 0.4) is 0 Å². The predicted molar refractivity (Wildman–Crippen MR) is 72.3 cm³/mol. The molecular formula is C14H21NO4. The minimum absolute atomic E-state index is 0.0860. The number of aliphatic hydroxyl groups excluding tert-OH is 1. The summed E-state index contributed by atoms with van der Waals surface area (Å²) in [6, 6.07) is 5.88. The fraction of sp³-hybridized carbons (Fsp3) is 0.500. The third-order valence-corrected chi connectivity index (χ3v) is 2.89. The Labute approximate surface area is 113 Å². The van der Waals surface area contributed by atoms with Gasteiger partial charge in [0.25, 0.3) is 0 Å². The zero-order valence-corrected chi connectivity index (χ0v) is 11.3. The van der Waals surface area contributed by atoms with Crippen molar-refractivity contribution in [3.8, 4) is 5.75 Å². The molecule has 5 heteroatoms. The summed E-state index contributed by atoms with van der Waals surface area (Å²) in [7, 11) is 0. The van der Waals surface area contributed by atoms with Crippen LogP contribution in [0.15, 0.2) is 24.3 Å². The van der Waals surface area contributed by atoms with Crippen molar-refractivity contribution in [2.24, 2.45) is 0 Å². The number of aliphatic carboxylic acids is 1. The van der Waals surface area contributed by atoms with Crippen LogP contribution in [0.25, 0.3) is 0 Å². The summed E-state index contributed by atoms with van der Waals surface area (Å²) in [6.45, 7) is 4.27. The molecule has 3 N–H and O–H groups in total. The fourth-order valence-corrected chi connectivity index (χ4v) is 1.77. The SMILES string of the molecule is CCOc1ccc(C(NC(CC)CO)C(=O)O)cc1. The molecule has 0 spiro atoms. The molecule has 1 aromatic carbocycles. The van der Waals surface area contributed by atoms with Crippen molar-refractivity contribution in [1.29, 1.82) is 0 Å². The third kappa shape index (κ3) is 4.54. The fourth-order valence-electron chi connectivity index (χ4n) is 1.77. The average molecular weight is 267 g/mol. The zero-order valence-electron chi connectivity index (χ0n) is 11.3. The van der Waals surface area contributed by atoms with Gasteiger partial charge in [0, 0.05) is 6.04 Å². The van der Waals surface area contributed by atoms with Gasteiger partial charge in [-0.1, -0.05) is 19.1 Å². The van der Waals surface area contributed by atoms with Gasteiger partial charge in [-0.05, 0) is 31.0 Å². The molecule has 1 aromatic rings.